The average Bonchev–Trinajstić information content (AvgIpc) is 3.18. The van der Waals surface area contributed by atoms with Crippen molar-refractivity contribution in [2.45, 2.75) is 27.1 Å². The van der Waals surface area contributed by atoms with Gasteiger partial charge in [-0.2, -0.15) is 0 Å². The van der Waals surface area contributed by atoms with E-state index in [1.165, 1.54) is 19.2 Å². The van der Waals surface area contributed by atoms with Crippen LogP contribution in [-0.2, 0) is 13.2 Å². The molecule has 1 N–H and O–H groups in total. The van der Waals surface area contributed by atoms with E-state index in [1.54, 1.807) is 42.5 Å². The van der Waals surface area contributed by atoms with Crippen LogP contribution in [0.4, 0.5) is 10.1 Å². The molecule has 8 heteroatoms. The highest BCUT2D eigenvalue weighted by Gasteiger charge is 2.14. The van der Waals surface area contributed by atoms with Crippen LogP contribution < -0.4 is 19.5 Å². The van der Waals surface area contributed by atoms with Crippen LogP contribution in [0.15, 0.2) is 71.3 Å². The van der Waals surface area contributed by atoms with E-state index in [0.29, 0.717) is 34.3 Å². The molecule has 0 aliphatic carbocycles. The summed E-state index contributed by atoms with van der Waals surface area (Å²) in [5.74, 6) is 1.40. The van der Waals surface area contributed by atoms with Crippen LogP contribution in [0.1, 0.15) is 32.9 Å². The van der Waals surface area contributed by atoms with Crippen molar-refractivity contribution >= 4 is 11.6 Å². The highest BCUT2D eigenvalue weighted by Crippen LogP contribution is 2.30. The number of hydrogen-bond acceptors (Lipinski definition) is 6. The molecule has 0 saturated heterocycles. The van der Waals surface area contributed by atoms with Crippen LogP contribution in [0, 0.1) is 19.7 Å². The minimum absolute atomic E-state index is 0.234. The first kappa shape index (κ1) is 23.8. The number of nitrogens with one attached hydrogen (secondary N) is 1. The standard InChI is InChI=1S/C27H25FN2O5/c1-17-24(18(2)35-30-17)16-34-25-11-10-20(13-26(25)32-3)27(31)29-22-8-4-6-19(12-22)15-33-23-9-5-7-21(28)14-23/h4-14H,15-16H2,1-3H3,(H,29,31). The topological polar surface area (TPSA) is 82.8 Å². The number of ether oxygens (including phenoxy) is 3. The van der Waals surface area contributed by atoms with Gasteiger partial charge in [-0.15, -0.1) is 0 Å². The van der Waals surface area contributed by atoms with Crippen molar-refractivity contribution < 1.29 is 27.9 Å². The zero-order valence-electron chi connectivity index (χ0n) is 19.6. The first-order valence-corrected chi connectivity index (χ1v) is 10.9. The van der Waals surface area contributed by atoms with Crippen molar-refractivity contribution in [3.8, 4) is 17.2 Å². The second-order valence-corrected chi connectivity index (χ2v) is 7.86. The third-order valence-electron chi connectivity index (χ3n) is 5.37. The van der Waals surface area contributed by atoms with Crippen LogP contribution in [-0.4, -0.2) is 18.2 Å². The molecule has 0 atom stereocenters. The zero-order chi connectivity index (χ0) is 24.8. The fourth-order valence-electron chi connectivity index (χ4n) is 3.45. The summed E-state index contributed by atoms with van der Waals surface area (Å²) >= 11 is 0. The van der Waals surface area contributed by atoms with E-state index in [2.05, 4.69) is 10.5 Å². The third kappa shape index (κ3) is 5.97. The third-order valence-corrected chi connectivity index (χ3v) is 5.37. The summed E-state index contributed by atoms with van der Waals surface area (Å²) in [4.78, 5) is 12.9. The molecule has 0 radical (unpaired) electrons. The molecule has 4 aromatic rings. The Morgan fingerprint density at radius 3 is 2.54 bits per heavy atom. The summed E-state index contributed by atoms with van der Waals surface area (Å²) in [7, 11) is 1.52. The van der Waals surface area contributed by atoms with Gasteiger partial charge in [0, 0.05) is 17.3 Å². The molecule has 1 heterocycles. The summed E-state index contributed by atoms with van der Waals surface area (Å²) in [6.45, 7) is 4.18. The Morgan fingerprint density at radius 1 is 0.971 bits per heavy atom. The Morgan fingerprint density at radius 2 is 1.80 bits per heavy atom. The molecule has 1 aromatic heterocycles. The van der Waals surface area contributed by atoms with Gasteiger partial charge in [0.2, 0.25) is 0 Å². The summed E-state index contributed by atoms with van der Waals surface area (Å²) < 4.78 is 35.4. The molecule has 0 saturated carbocycles. The fraction of sp³-hybridized carbons (Fsp3) is 0.185. The predicted octanol–water partition coefficient (Wildman–Crippen LogP) is 5.85. The van der Waals surface area contributed by atoms with Gasteiger partial charge in [0.25, 0.3) is 5.91 Å². The zero-order valence-corrected chi connectivity index (χ0v) is 19.6. The molecule has 180 valence electrons. The number of aromatic nitrogens is 1. The van der Waals surface area contributed by atoms with E-state index in [9.17, 15) is 9.18 Å². The van der Waals surface area contributed by atoms with Crippen molar-refractivity contribution in [3.05, 3.63) is 101 Å². The van der Waals surface area contributed by atoms with Crippen LogP contribution in [0.3, 0.4) is 0 Å². The monoisotopic (exact) mass is 476 g/mol. The van der Waals surface area contributed by atoms with Crippen molar-refractivity contribution in [3.63, 3.8) is 0 Å². The van der Waals surface area contributed by atoms with Crippen LogP contribution in [0.5, 0.6) is 17.2 Å². The lowest BCUT2D eigenvalue weighted by molar-refractivity contribution is 0.102. The summed E-state index contributed by atoms with van der Waals surface area (Å²) in [6, 6.07) is 18.2. The van der Waals surface area contributed by atoms with Crippen LogP contribution in [0.2, 0.25) is 0 Å². The lowest BCUT2D eigenvalue weighted by Crippen LogP contribution is -2.12. The largest absolute Gasteiger partial charge is 0.493 e. The lowest BCUT2D eigenvalue weighted by atomic mass is 10.1. The number of nitrogens with zero attached hydrogens (tertiary/aromatic N) is 1. The van der Waals surface area contributed by atoms with Gasteiger partial charge < -0.3 is 24.1 Å². The lowest BCUT2D eigenvalue weighted by Gasteiger charge is -2.13. The molecule has 4 rings (SSSR count). The van der Waals surface area contributed by atoms with Crippen molar-refractivity contribution in [1.82, 2.24) is 5.16 Å². The van der Waals surface area contributed by atoms with Gasteiger partial charge in [-0.3, -0.25) is 4.79 Å². The Bertz CT molecular complexity index is 1320. The Kier molecular flexibility index (Phi) is 7.30. The van der Waals surface area contributed by atoms with Gasteiger partial charge >= 0.3 is 0 Å². The maximum Gasteiger partial charge on any atom is 0.255 e. The normalized spacial score (nSPS) is 10.6. The maximum absolute atomic E-state index is 13.3. The van der Waals surface area contributed by atoms with Gasteiger partial charge in [0.1, 0.15) is 30.5 Å². The molecule has 0 spiro atoms. The van der Waals surface area contributed by atoms with E-state index >= 15 is 0 Å². The highest BCUT2D eigenvalue weighted by molar-refractivity contribution is 6.04. The molecule has 0 bridgehead atoms. The van der Waals surface area contributed by atoms with Crippen LogP contribution >= 0.6 is 0 Å². The van der Waals surface area contributed by atoms with Gasteiger partial charge in [0.05, 0.1) is 18.4 Å². The van der Waals surface area contributed by atoms with Gasteiger partial charge in [-0.25, -0.2) is 4.39 Å². The molecule has 7 nitrogen and oxygen atoms in total. The number of aryl methyl sites for hydroxylation is 2. The maximum atomic E-state index is 13.3. The SMILES string of the molecule is COc1cc(C(=O)Nc2cccc(COc3cccc(F)c3)c2)ccc1OCc1c(C)noc1C. The van der Waals surface area contributed by atoms with E-state index in [4.69, 9.17) is 18.7 Å². The van der Waals surface area contributed by atoms with E-state index in [1.807, 2.05) is 26.0 Å². The van der Waals surface area contributed by atoms with E-state index in [-0.39, 0.29) is 24.9 Å². The van der Waals surface area contributed by atoms with Gasteiger partial charge in [-0.05, 0) is 61.9 Å². The molecule has 0 aliphatic heterocycles. The molecular formula is C27H25FN2O5. The number of halogens is 1. The molecule has 0 aliphatic rings. The van der Waals surface area contributed by atoms with Crippen molar-refractivity contribution in [2.75, 3.05) is 12.4 Å². The fourth-order valence-corrected chi connectivity index (χ4v) is 3.45. The molecule has 35 heavy (non-hydrogen) atoms. The van der Waals surface area contributed by atoms with E-state index in [0.717, 1.165) is 16.8 Å². The quantitative estimate of drug-likeness (QED) is 0.326. The molecule has 1 amide bonds. The molecule has 0 fully saturated rings. The highest BCUT2D eigenvalue weighted by atomic mass is 19.1. The Hall–Kier alpha value is -4.33. The summed E-state index contributed by atoms with van der Waals surface area (Å²) in [5, 5.41) is 6.80. The van der Waals surface area contributed by atoms with Crippen molar-refractivity contribution in [1.29, 1.82) is 0 Å². The molecule has 3 aromatic carbocycles. The summed E-state index contributed by atoms with van der Waals surface area (Å²) in [6.07, 6.45) is 0. The molecule has 0 unspecified atom stereocenters. The van der Waals surface area contributed by atoms with Crippen molar-refractivity contribution in [2.24, 2.45) is 0 Å². The van der Waals surface area contributed by atoms with Gasteiger partial charge in [0.15, 0.2) is 11.5 Å². The number of carbonyl (C=O) groups excluding carboxylic acids is 1. The minimum atomic E-state index is -0.362. The average molecular weight is 477 g/mol. The first-order chi connectivity index (χ1) is 16.9. The Balaban J connectivity index is 1.40. The molecular weight excluding hydrogens is 451 g/mol. The minimum Gasteiger partial charge on any atom is -0.493 e. The number of benzene rings is 3. The number of amides is 1. The summed E-state index contributed by atoms with van der Waals surface area (Å²) in [5.41, 5.74) is 3.48. The number of methoxy groups -OCH3 is 1. The van der Waals surface area contributed by atoms with E-state index < -0.39 is 0 Å². The van der Waals surface area contributed by atoms with Gasteiger partial charge in [-0.1, -0.05) is 23.4 Å². The number of rotatable bonds is 9. The number of carbonyl (C=O) groups is 1. The number of hydrogen-bond donors (Lipinski definition) is 1. The second-order valence-electron chi connectivity index (χ2n) is 7.86. The first-order valence-electron chi connectivity index (χ1n) is 10.9. The smallest absolute Gasteiger partial charge is 0.255 e. The number of anilines is 1. The predicted molar refractivity (Wildman–Crippen MR) is 128 cm³/mol. The second kappa shape index (κ2) is 10.7. The Labute approximate surface area is 202 Å². The van der Waals surface area contributed by atoms with Crippen LogP contribution in [0.25, 0.3) is 0 Å².